The van der Waals surface area contributed by atoms with Gasteiger partial charge < -0.3 is 10.5 Å². The summed E-state index contributed by atoms with van der Waals surface area (Å²) < 4.78 is 6.00. The first-order valence-corrected chi connectivity index (χ1v) is 6.56. The van der Waals surface area contributed by atoms with E-state index in [-0.39, 0.29) is 6.61 Å². The number of aromatic nitrogens is 1. The van der Waals surface area contributed by atoms with Gasteiger partial charge in [-0.2, -0.15) is 0 Å². The van der Waals surface area contributed by atoms with Crippen molar-refractivity contribution in [1.82, 2.24) is 4.98 Å². The van der Waals surface area contributed by atoms with Gasteiger partial charge in [-0.25, -0.2) is 4.79 Å². The first-order valence-electron chi connectivity index (χ1n) is 5.39. The summed E-state index contributed by atoms with van der Waals surface area (Å²) in [5.74, 6) is -0.465. The van der Waals surface area contributed by atoms with Crippen molar-refractivity contribution >= 4 is 39.2 Å². The van der Waals surface area contributed by atoms with E-state index in [2.05, 4.69) is 20.9 Å². The van der Waals surface area contributed by atoms with Gasteiger partial charge in [0.2, 0.25) is 0 Å². The number of hydrogen-bond donors (Lipinski definition) is 1. The molecule has 0 saturated heterocycles. The lowest BCUT2D eigenvalue weighted by atomic mass is 10.2. The van der Waals surface area contributed by atoms with Gasteiger partial charge in [0.1, 0.15) is 6.61 Å². The van der Waals surface area contributed by atoms with Crippen LogP contribution >= 0.6 is 27.5 Å². The van der Waals surface area contributed by atoms with Crippen LogP contribution in [0, 0.1) is 0 Å². The average Bonchev–Trinajstić information content (AvgIpc) is 2.41. The third kappa shape index (κ3) is 3.68. The first kappa shape index (κ1) is 13.8. The van der Waals surface area contributed by atoms with Gasteiger partial charge in [0.05, 0.1) is 22.0 Å². The molecule has 2 rings (SSSR count). The molecule has 0 unspecified atom stereocenters. The zero-order valence-corrected chi connectivity index (χ0v) is 12.1. The van der Waals surface area contributed by atoms with Crippen LogP contribution in [0.2, 0.25) is 5.02 Å². The third-order valence-corrected chi connectivity index (χ3v) is 3.18. The Morgan fingerprint density at radius 2 is 2.16 bits per heavy atom. The highest BCUT2D eigenvalue weighted by Gasteiger charge is 2.09. The van der Waals surface area contributed by atoms with E-state index >= 15 is 0 Å². The Hall–Kier alpha value is -1.59. The highest BCUT2D eigenvalue weighted by atomic mass is 79.9. The predicted octanol–water partition coefficient (Wildman–Crippen LogP) is 3.44. The number of rotatable bonds is 3. The zero-order valence-electron chi connectivity index (χ0n) is 9.77. The Bertz CT molecular complexity index is 602. The molecule has 0 fully saturated rings. The minimum Gasteiger partial charge on any atom is -0.456 e. The minimum absolute atomic E-state index is 0.106. The summed E-state index contributed by atoms with van der Waals surface area (Å²) >= 11 is 9.06. The molecule has 19 heavy (non-hydrogen) atoms. The lowest BCUT2D eigenvalue weighted by Crippen LogP contribution is -2.06. The first-order chi connectivity index (χ1) is 9.06. The molecule has 2 aromatic rings. The van der Waals surface area contributed by atoms with E-state index in [1.165, 1.54) is 6.07 Å². The maximum absolute atomic E-state index is 11.8. The molecule has 0 bridgehead atoms. The predicted molar refractivity (Wildman–Crippen MR) is 76.9 cm³/mol. The van der Waals surface area contributed by atoms with Crippen LogP contribution in [-0.4, -0.2) is 11.0 Å². The van der Waals surface area contributed by atoms with Gasteiger partial charge in [-0.1, -0.05) is 11.6 Å². The Kier molecular flexibility index (Phi) is 4.39. The number of esters is 1. The Labute approximate surface area is 123 Å². The number of benzene rings is 1. The van der Waals surface area contributed by atoms with Crippen LogP contribution in [0.1, 0.15) is 16.1 Å². The summed E-state index contributed by atoms with van der Waals surface area (Å²) in [6, 6.07) is 8.21. The van der Waals surface area contributed by atoms with Crippen molar-refractivity contribution in [3.8, 4) is 0 Å². The Morgan fingerprint density at radius 3 is 2.79 bits per heavy atom. The fraction of sp³-hybridized carbons (Fsp3) is 0.0769. The van der Waals surface area contributed by atoms with Gasteiger partial charge in [-0.3, -0.25) is 4.98 Å². The average molecular weight is 342 g/mol. The SMILES string of the molecule is Nc1cc(C(=O)OCc2ccc(Br)cn2)ccc1Cl. The van der Waals surface area contributed by atoms with E-state index < -0.39 is 5.97 Å². The third-order valence-electron chi connectivity index (χ3n) is 2.37. The number of carbonyl (C=O) groups excluding carboxylic acids is 1. The van der Waals surface area contributed by atoms with Crippen molar-refractivity contribution in [2.45, 2.75) is 6.61 Å². The van der Waals surface area contributed by atoms with Crippen LogP contribution in [0.25, 0.3) is 0 Å². The number of nitrogens with zero attached hydrogens (tertiary/aromatic N) is 1. The Balaban J connectivity index is 2.01. The van der Waals surface area contributed by atoms with E-state index in [9.17, 15) is 4.79 Å². The second-order valence-corrected chi connectivity index (χ2v) is 5.10. The molecule has 0 atom stereocenters. The maximum atomic E-state index is 11.8. The zero-order chi connectivity index (χ0) is 13.8. The molecule has 0 amide bonds. The molecule has 1 aromatic carbocycles. The van der Waals surface area contributed by atoms with E-state index in [1.807, 2.05) is 6.07 Å². The summed E-state index contributed by atoms with van der Waals surface area (Å²) in [5, 5.41) is 0.408. The fourth-order valence-corrected chi connectivity index (χ4v) is 1.74. The molecular weight excluding hydrogens is 332 g/mol. The van der Waals surface area contributed by atoms with Gasteiger partial charge in [0.15, 0.2) is 0 Å². The van der Waals surface area contributed by atoms with Crippen molar-refractivity contribution in [3.63, 3.8) is 0 Å². The summed E-state index contributed by atoms with van der Waals surface area (Å²) in [7, 11) is 0. The number of pyridine rings is 1. The normalized spacial score (nSPS) is 10.2. The molecule has 4 nitrogen and oxygen atoms in total. The number of nitrogen functional groups attached to an aromatic ring is 1. The molecule has 0 aliphatic heterocycles. The maximum Gasteiger partial charge on any atom is 0.338 e. The number of anilines is 1. The Morgan fingerprint density at radius 1 is 1.37 bits per heavy atom. The lowest BCUT2D eigenvalue weighted by molar-refractivity contribution is 0.0468. The summed E-state index contributed by atoms with van der Waals surface area (Å²) in [6.45, 7) is 0.106. The summed E-state index contributed by atoms with van der Waals surface area (Å²) in [6.07, 6.45) is 1.64. The lowest BCUT2D eigenvalue weighted by Gasteiger charge is -2.06. The van der Waals surface area contributed by atoms with Crippen molar-refractivity contribution in [1.29, 1.82) is 0 Å². The van der Waals surface area contributed by atoms with Crippen LogP contribution in [0.15, 0.2) is 41.0 Å². The quantitative estimate of drug-likeness (QED) is 0.686. The van der Waals surface area contributed by atoms with Crippen molar-refractivity contribution in [3.05, 3.63) is 57.3 Å². The van der Waals surface area contributed by atoms with Gasteiger partial charge in [-0.05, 0) is 46.3 Å². The number of hydrogen-bond acceptors (Lipinski definition) is 4. The van der Waals surface area contributed by atoms with Crippen LogP contribution in [-0.2, 0) is 11.3 Å². The molecular formula is C13H10BrClN2O2. The standard InChI is InChI=1S/C13H10BrClN2O2/c14-9-2-3-10(17-6-9)7-19-13(18)8-1-4-11(15)12(16)5-8/h1-6H,7,16H2. The second-order valence-electron chi connectivity index (χ2n) is 3.78. The number of carbonyl (C=O) groups is 1. The largest absolute Gasteiger partial charge is 0.456 e. The fourth-order valence-electron chi connectivity index (χ4n) is 1.39. The van der Waals surface area contributed by atoms with Crippen LogP contribution < -0.4 is 5.73 Å². The summed E-state index contributed by atoms with van der Waals surface area (Å²) in [4.78, 5) is 15.9. The molecule has 1 heterocycles. The van der Waals surface area contributed by atoms with Gasteiger partial charge in [-0.15, -0.1) is 0 Å². The van der Waals surface area contributed by atoms with Crippen LogP contribution in [0.3, 0.4) is 0 Å². The molecule has 2 N–H and O–H groups in total. The van der Waals surface area contributed by atoms with Crippen molar-refractivity contribution in [2.75, 3.05) is 5.73 Å². The van der Waals surface area contributed by atoms with Gasteiger partial charge >= 0.3 is 5.97 Å². The molecule has 0 aliphatic rings. The minimum atomic E-state index is -0.465. The number of ether oxygens (including phenoxy) is 1. The molecule has 98 valence electrons. The molecule has 0 saturated carbocycles. The van der Waals surface area contributed by atoms with E-state index in [0.29, 0.717) is 22.0 Å². The molecule has 0 spiro atoms. The second kappa shape index (κ2) is 6.04. The molecule has 6 heteroatoms. The van der Waals surface area contributed by atoms with Gasteiger partial charge in [0.25, 0.3) is 0 Å². The van der Waals surface area contributed by atoms with E-state index in [0.717, 1.165) is 4.47 Å². The highest BCUT2D eigenvalue weighted by Crippen LogP contribution is 2.20. The topological polar surface area (TPSA) is 65.2 Å². The van der Waals surface area contributed by atoms with Crippen LogP contribution in [0.5, 0.6) is 0 Å². The highest BCUT2D eigenvalue weighted by molar-refractivity contribution is 9.10. The van der Waals surface area contributed by atoms with E-state index in [4.69, 9.17) is 22.1 Å². The van der Waals surface area contributed by atoms with E-state index in [1.54, 1.807) is 24.4 Å². The number of nitrogens with two attached hydrogens (primary N) is 1. The van der Waals surface area contributed by atoms with Crippen molar-refractivity contribution < 1.29 is 9.53 Å². The van der Waals surface area contributed by atoms with Crippen molar-refractivity contribution in [2.24, 2.45) is 0 Å². The summed E-state index contributed by atoms with van der Waals surface area (Å²) in [5.41, 5.74) is 7.00. The smallest absolute Gasteiger partial charge is 0.338 e. The van der Waals surface area contributed by atoms with Crippen LogP contribution in [0.4, 0.5) is 5.69 Å². The molecule has 1 aromatic heterocycles. The number of halogens is 2. The van der Waals surface area contributed by atoms with Gasteiger partial charge in [0, 0.05) is 10.7 Å². The molecule has 0 radical (unpaired) electrons. The molecule has 0 aliphatic carbocycles. The monoisotopic (exact) mass is 340 g/mol.